The Labute approximate surface area is 87.8 Å². The number of nitrogens with zero attached hydrogens (tertiary/aromatic N) is 2. The van der Waals surface area contributed by atoms with Gasteiger partial charge in [0.2, 0.25) is 0 Å². The Morgan fingerprint density at radius 2 is 2.07 bits per heavy atom. The van der Waals surface area contributed by atoms with Crippen molar-refractivity contribution in [2.75, 3.05) is 0 Å². The van der Waals surface area contributed by atoms with Gasteiger partial charge in [0, 0.05) is 0 Å². The summed E-state index contributed by atoms with van der Waals surface area (Å²) in [6, 6.07) is 1.92. The summed E-state index contributed by atoms with van der Waals surface area (Å²) in [4.78, 5) is 25.8. The molecular weight excluding hydrogens is 285 g/mol. The van der Waals surface area contributed by atoms with Crippen LogP contribution in [0.3, 0.4) is 0 Å². The SMILES string of the molecule is [CH3][Sn]([CH3])([CH3])[c]1cc(CC(N)=O)ncn1. The summed E-state index contributed by atoms with van der Waals surface area (Å²) >= 11 is -2.13. The average Bonchev–Trinajstić information content (AvgIpc) is 2.01. The molecule has 14 heavy (non-hydrogen) atoms. The Morgan fingerprint density at radius 3 is 2.57 bits per heavy atom. The van der Waals surface area contributed by atoms with Crippen LogP contribution >= 0.6 is 0 Å². The van der Waals surface area contributed by atoms with Crippen LogP contribution in [0.5, 0.6) is 0 Å². The van der Waals surface area contributed by atoms with Crippen LogP contribution in [0.1, 0.15) is 5.69 Å². The van der Waals surface area contributed by atoms with E-state index < -0.39 is 18.4 Å². The van der Waals surface area contributed by atoms with Gasteiger partial charge in [0.05, 0.1) is 0 Å². The second-order valence-electron chi connectivity index (χ2n) is 4.29. The fourth-order valence-electron chi connectivity index (χ4n) is 1.08. The summed E-state index contributed by atoms with van der Waals surface area (Å²) in [5.74, 6) is -0.348. The topological polar surface area (TPSA) is 68.9 Å². The first-order valence-electron chi connectivity index (χ1n) is 4.49. The van der Waals surface area contributed by atoms with Crippen molar-refractivity contribution in [1.29, 1.82) is 0 Å². The van der Waals surface area contributed by atoms with Crippen molar-refractivity contribution in [3.8, 4) is 0 Å². The first-order valence-corrected chi connectivity index (χ1v) is 14.5. The zero-order chi connectivity index (χ0) is 10.8. The van der Waals surface area contributed by atoms with E-state index >= 15 is 0 Å². The number of rotatable bonds is 3. The zero-order valence-corrected chi connectivity index (χ0v) is 11.6. The van der Waals surface area contributed by atoms with Gasteiger partial charge in [0.15, 0.2) is 0 Å². The maximum absolute atomic E-state index is 10.7. The number of primary amides is 1. The first-order chi connectivity index (χ1) is 6.39. The number of hydrogen-bond donors (Lipinski definition) is 1. The van der Waals surface area contributed by atoms with Crippen LogP contribution in [0.15, 0.2) is 12.4 Å². The van der Waals surface area contributed by atoms with Crippen LogP contribution in [-0.2, 0) is 11.2 Å². The number of aromatic nitrogens is 2. The molecule has 0 unspecified atom stereocenters. The summed E-state index contributed by atoms with van der Waals surface area (Å²) in [7, 11) is 0. The standard InChI is InChI=1S/C6H6N3O.3CH3.Sn/c7-6(10)3-5-1-2-8-4-9-5;;;;/h1,4H,3H2,(H2,7,10);3*1H3;. The van der Waals surface area contributed by atoms with Crippen molar-refractivity contribution in [2.24, 2.45) is 5.73 Å². The quantitative estimate of drug-likeness (QED) is 0.802. The van der Waals surface area contributed by atoms with E-state index in [1.54, 1.807) is 0 Å². The second-order valence-corrected chi connectivity index (χ2v) is 18.6. The molecule has 0 bridgehead atoms. The van der Waals surface area contributed by atoms with Crippen LogP contribution in [0, 0.1) is 0 Å². The van der Waals surface area contributed by atoms with E-state index in [-0.39, 0.29) is 12.3 Å². The fraction of sp³-hybridized carbons (Fsp3) is 0.444. The molecule has 0 atom stereocenters. The summed E-state index contributed by atoms with van der Waals surface area (Å²) in [5, 5.41) is 0. The molecule has 0 saturated carbocycles. The van der Waals surface area contributed by atoms with Crippen LogP contribution in [-0.4, -0.2) is 34.3 Å². The van der Waals surface area contributed by atoms with E-state index in [9.17, 15) is 4.79 Å². The summed E-state index contributed by atoms with van der Waals surface area (Å²) in [5.41, 5.74) is 5.83. The van der Waals surface area contributed by atoms with Gasteiger partial charge in [-0.1, -0.05) is 0 Å². The molecule has 1 rings (SSSR count). The van der Waals surface area contributed by atoms with Gasteiger partial charge < -0.3 is 0 Å². The first kappa shape index (κ1) is 11.4. The third kappa shape index (κ3) is 3.25. The Morgan fingerprint density at radius 1 is 1.43 bits per heavy atom. The Kier molecular flexibility index (Phi) is 3.47. The van der Waals surface area contributed by atoms with Gasteiger partial charge in [-0.05, 0) is 0 Å². The van der Waals surface area contributed by atoms with Gasteiger partial charge in [-0.2, -0.15) is 0 Å². The molecule has 0 aliphatic heterocycles. The van der Waals surface area contributed by atoms with Crippen LogP contribution in [0.4, 0.5) is 0 Å². The summed E-state index contributed by atoms with van der Waals surface area (Å²) in [6.07, 6.45) is 1.73. The van der Waals surface area contributed by atoms with Gasteiger partial charge >= 0.3 is 87.8 Å². The number of hydrogen-bond acceptors (Lipinski definition) is 3. The molecule has 0 aliphatic rings. The molecule has 0 aromatic carbocycles. The zero-order valence-electron chi connectivity index (χ0n) is 8.74. The maximum atomic E-state index is 10.7. The molecule has 4 nitrogen and oxygen atoms in total. The number of carbonyl (C=O) groups excluding carboxylic acids is 1. The van der Waals surface area contributed by atoms with Crippen molar-refractivity contribution in [3.63, 3.8) is 0 Å². The molecule has 0 radical (unpaired) electrons. The van der Waals surface area contributed by atoms with Crippen molar-refractivity contribution in [1.82, 2.24) is 9.97 Å². The summed E-state index contributed by atoms with van der Waals surface area (Å²) < 4.78 is 1.13. The third-order valence-corrected chi connectivity index (χ3v) is 7.01. The molecule has 0 spiro atoms. The van der Waals surface area contributed by atoms with E-state index in [1.807, 2.05) is 6.07 Å². The number of carbonyl (C=O) groups is 1. The van der Waals surface area contributed by atoms with Gasteiger partial charge in [0.1, 0.15) is 0 Å². The van der Waals surface area contributed by atoms with E-state index in [2.05, 4.69) is 24.8 Å². The normalized spacial score (nSPS) is 11.4. The van der Waals surface area contributed by atoms with Crippen LogP contribution in [0.2, 0.25) is 14.8 Å². The fourth-order valence-corrected chi connectivity index (χ4v) is 4.06. The summed E-state index contributed by atoms with van der Waals surface area (Å²) in [6.45, 7) is 0. The van der Waals surface area contributed by atoms with Gasteiger partial charge in [0.25, 0.3) is 0 Å². The molecule has 1 amide bonds. The van der Waals surface area contributed by atoms with Crippen LogP contribution < -0.4 is 9.44 Å². The minimum absolute atomic E-state index is 0.206. The molecular formula is C9H15N3OSn. The molecule has 1 aromatic heterocycles. The van der Waals surface area contributed by atoms with Crippen LogP contribution in [0.25, 0.3) is 0 Å². The molecule has 0 aliphatic carbocycles. The number of nitrogens with two attached hydrogens (primary N) is 1. The van der Waals surface area contributed by atoms with E-state index in [4.69, 9.17) is 5.73 Å². The van der Waals surface area contributed by atoms with E-state index in [0.717, 1.165) is 9.40 Å². The van der Waals surface area contributed by atoms with E-state index in [1.165, 1.54) is 6.33 Å². The van der Waals surface area contributed by atoms with Crippen molar-refractivity contribution >= 4 is 28.0 Å². The Bertz CT molecular complexity index is 346. The van der Waals surface area contributed by atoms with Crippen molar-refractivity contribution in [2.45, 2.75) is 21.2 Å². The minimum atomic E-state index is -2.13. The Balaban J connectivity index is 2.95. The van der Waals surface area contributed by atoms with Gasteiger partial charge in [-0.25, -0.2) is 0 Å². The average molecular weight is 300 g/mol. The monoisotopic (exact) mass is 301 g/mol. The van der Waals surface area contributed by atoms with E-state index in [0.29, 0.717) is 0 Å². The second kappa shape index (κ2) is 4.25. The Hall–Kier alpha value is -0.651. The number of amides is 1. The molecule has 0 saturated heterocycles. The van der Waals surface area contributed by atoms with Crippen molar-refractivity contribution in [3.05, 3.63) is 18.1 Å². The van der Waals surface area contributed by atoms with Gasteiger partial charge in [-0.3, -0.25) is 0 Å². The molecule has 1 aromatic rings. The molecule has 0 fully saturated rings. The third-order valence-electron chi connectivity index (χ3n) is 1.85. The molecule has 2 N–H and O–H groups in total. The predicted octanol–water partition coefficient (Wildman–Crippen LogP) is 0.0496. The van der Waals surface area contributed by atoms with Gasteiger partial charge in [-0.15, -0.1) is 0 Å². The molecule has 5 heteroatoms. The van der Waals surface area contributed by atoms with Crippen molar-refractivity contribution < 1.29 is 4.79 Å². The molecule has 76 valence electrons. The predicted molar refractivity (Wildman–Crippen MR) is 57.9 cm³/mol. The molecule has 1 heterocycles.